The quantitative estimate of drug-likeness (QED) is 0.274. The molecule has 2 aliphatic rings. The Bertz CT molecular complexity index is 679. The molecule has 1 N–H and O–H groups in total. The van der Waals surface area contributed by atoms with Gasteiger partial charge in [-0.25, -0.2) is 0 Å². The highest BCUT2D eigenvalue weighted by atomic mass is 16.5. The summed E-state index contributed by atoms with van der Waals surface area (Å²) < 4.78 is 11.6. The Labute approximate surface area is 215 Å². The van der Waals surface area contributed by atoms with Crippen LogP contribution in [0.5, 0.6) is 0 Å². The van der Waals surface area contributed by atoms with Crippen LogP contribution in [0.3, 0.4) is 0 Å². The second-order valence-electron chi connectivity index (χ2n) is 13.7. The van der Waals surface area contributed by atoms with Crippen LogP contribution >= 0.6 is 0 Å². The summed E-state index contributed by atoms with van der Waals surface area (Å²) in [6.07, 6.45) is 10.5. The molecule has 0 amide bonds. The predicted molar refractivity (Wildman–Crippen MR) is 142 cm³/mol. The number of nitrogens with zero attached hydrogens (tertiary/aromatic N) is 1. The van der Waals surface area contributed by atoms with Crippen LogP contribution in [0, 0.1) is 0 Å². The van der Waals surface area contributed by atoms with Gasteiger partial charge in [-0.05, 0) is 75.3 Å². The maximum Gasteiger partial charge on any atom is 0.306 e. The molecule has 0 saturated carbocycles. The molecule has 0 unspecified atom stereocenters. The van der Waals surface area contributed by atoms with E-state index in [1.54, 1.807) is 0 Å². The zero-order valence-electron chi connectivity index (χ0n) is 24.2. The Kier molecular flexibility index (Phi) is 10.3. The number of hydrogen-bond acceptors (Lipinski definition) is 6. The van der Waals surface area contributed by atoms with Crippen molar-refractivity contribution >= 4 is 11.9 Å². The highest BCUT2D eigenvalue weighted by molar-refractivity contribution is 5.69. The molecule has 35 heavy (non-hydrogen) atoms. The van der Waals surface area contributed by atoms with Crippen molar-refractivity contribution in [3.05, 3.63) is 0 Å². The molecule has 2 aliphatic heterocycles. The van der Waals surface area contributed by atoms with Crippen molar-refractivity contribution in [2.75, 3.05) is 7.05 Å². The Hall–Kier alpha value is -1.14. The topological polar surface area (TPSA) is 67.9 Å². The average Bonchev–Trinajstić information content (AvgIpc) is 2.65. The van der Waals surface area contributed by atoms with Gasteiger partial charge in [-0.3, -0.25) is 14.5 Å². The van der Waals surface area contributed by atoms with Gasteiger partial charge in [0.05, 0.1) is 0 Å². The number of hydrogen-bond donors (Lipinski definition) is 1. The van der Waals surface area contributed by atoms with Gasteiger partial charge in [0.1, 0.15) is 12.2 Å². The lowest BCUT2D eigenvalue weighted by atomic mass is 9.79. The summed E-state index contributed by atoms with van der Waals surface area (Å²) in [5.74, 6) is -0.121. The molecule has 6 nitrogen and oxygen atoms in total. The second-order valence-corrected chi connectivity index (χ2v) is 13.7. The number of likely N-dealkylation sites (tertiary alicyclic amines) is 1. The van der Waals surface area contributed by atoms with Crippen LogP contribution in [0.1, 0.15) is 132 Å². The van der Waals surface area contributed by atoms with Crippen LogP contribution in [0.25, 0.3) is 0 Å². The number of nitrogens with one attached hydrogen (secondary N) is 1. The lowest BCUT2D eigenvalue weighted by molar-refractivity contribution is -0.159. The molecule has 0 aromatic rings. The number of piperidine rings is 2. The number of rotatable bonds is 11. The third-order valence-corrected chi connectivity index (χ3v) is 8.03. The van der Waals surface area contributed by atoms with Crippen LogP contribution in [0.2, 0.25) is 0 Å². The smallest absolute Gasteiger partial charge is 0.306 e. The summed E-state index contributed by atoms with van der Waals surface area (Å²) in [5, 5.41) is 3.63. The first-order chi connectivity index (χ1) is 16.0. The van der Waals surface area contributed by atoms with E-state index in [9.17, 15) is 9.59 Å². The number of esters is 2. The van der Waals surface area contributed by atoms with Gasteiger partial charge < -0.3 is 14.8 Å². The van der Waals surface area contributed by atoms with Crippen LogP contribution < -0.4 is 5.32 Å². The molecule has 0 bridgehead atoms. The molecular formula is C29H54N2O4. The average molecular weight is 495 g/mol. The minimum atomic E-state index is -0.0634. The molecule has 0 atom stereocenters. The van der Waals surface area contributed by atoms with E-state index in [1.165, 1.54) is 0 Å². The molecule has 0 aromatic carbocycles. The molecule has 2 saturated heterocycles. The molecule has 0 aromatic heterocycles. The van der Waals surface area contributed by atoms with Crippen molar-refractivity contribution in [3.8, 4) is 0 Å². The molecule has 0 spiro atoms. The first-order valence-corrected chi connectivity index (χ1v) is 13.9. The van der Waals surface area contributed by atoms with E-state index >= 15 is 0 Å². The summed E-state index contributed by atoms with van der Waals surface area (Å²) in [4.78, 5) is 27.1. The Morgan fingerprint density at radius 2 is 1.00 bits per heavy atom. The maximum atomic E-state index is 12.4. The molecule has 2 heterocycles. The fourth-order valence-corrected chi connectivity index (χ4v) is 6.41. The van der Waals surface area contributed by atoms with Gasteiger partial charge in [0.15, 0.2) is 0 Å². The third kappa shape index (κ3) is 10.0. The van der Waals surface area contributed by atoms with Crippen molar-refractivity contribution in [2.45, 2.75) is 167 Å². The SMILES string of the molecule is CN1C(C)(C)CC(OC(=O)CCCCCCCCC(=O)OC2CC(C)(C)NC(C)(C)C2)CC1(C)C. The van der Waals surface area contributed by atoms with Crippen molar-refractivity contribution in [3.63, 3.8) is 0 Å². The Morgan fingerprint density at radius 3 is 1.40 bits per heavy atom. The largest absolute Gasteiger partial charge is 0.462 e. The first kappa shape index (κ1) is 30.1. The number of ether oxygens (including phenoxy) is 2. The molecule has 204 valence electrons. The van der Waals surface area contributed by atoms with Crippen LogP contribution in [-0.4, -0.2) is 58.2 Å². The summed E-state index contributed by atoms with van der Waals surface area (Å²) in [7, 11) is 2.16. The van der Waals surface area contributed by atoms with Gasteiger partial charge in [0.25, 0.3) is 0 Å². The zero-order valence-corrected chi connectivity index (χ0v) is 24.2. The molecule has 6 heteroatoms. The minimum absolute atomic E-state index is 0.000157. The van der Waals surface area contributed by atoms with Gasteiger partial charge >= 0.3 is 11.9 Å². The highest BCUT2D eigenvalue weighted by Crippen LogP contribution is 2.38. The molecule has 0 aliphatic carbocycles. The van der Waals surface area contributed by atoms with Crippen LogP contribution in [0.4, 0.5) is 0 Å². The van der Waals surface area contributed by atoms with E-state index in [-0.39, 0.29) is 46.3 Å². The van der Waals surface area contributed by atoms with Crippen LogP contribution in [-0.2, 0) is 19.1 Å². The van der Waals surface area contributed by atoms with Crippen molar-refractivity contribution < 1.29 is 19.1 Å². The van der Waals surface area contributed by atoms with E-state index in [0.29, 0.717) is 12.8 Å². The maximum absolute atomic E-state index is 12.4. The van der Waals surface area contributed by atoms with Crippen molar-refractivity contribution in [1.29, 1.82) is 0 Å². The lowest BCUT2D eigenvalue weighted by Crippen LogP contribution is -2.60. The Morgan fingerprint density at radius 1 is 0.657 bits per heavy atom. The Balaban J connectivity index is 1.53. The predicted octanol–water partition coefficient (Wildman–Crippen LogP) is 6.15. The van der Waals surface area contributed by atoms with Gasteiger partial charge in [-0.1, -0.05) is 25.7 Å². The fourth-order valence-electron chi connectivity index (χ4n) is 6.41. The van der Waals surface area contributed by atoms with Gasteiger partial charge in [0, 0.05) is 60.7 Å². The summed E-state index contributed by atoms with van der Waals surface area (Å²) in [6.45, 7) is 17.6. The normalized spacial score (nSPS) is 24.1. The van der Waals surface area contributed by atoms with Gasteiger partial charge in [-0.2, -0.15) is 0 Å². The number of carbonyl (C=O) groups is 2. The monoisotopic (exact) mass is 494 g/mol. The van der Waals surface area contributed by atoms with Crippen molar-refractivity contribution in [1.82, 2.24) is 10.2 Å². The summed E-state index contributed by atoms with van der Waals surface area (Å²) >= 11 is 0. The minimum Gasteiger partial charge on any atom is -0.462 e. The van der Waals surface area contributed by atoms with Crippen LogP contribution in [0.15, 0.2) is 0 Å². The van der Waals surface area contributed by atoms with E-state index in [0.717, 1.165) is 64.2 Å². The van der Waals surface area contributed by atoms with E-state index < -0.39 is 0 Å². The van der Waals surface area contributed by atoms with E-state index in [2.05, 4.69) is 72.7 Å². The lowest BCUT2D eigenvalue weighted by Gasteiger charge is -2.53. The first-order valence-electron chi connectivity index (χ1n) is 13.9. The van der Waals surface area contributed by atoms with Crippen molar-refractivity contribution in [2.24, 2.45) is 0 Å². The molecule has 2 rings (SSSR count). The fraction of sp³-hybridized carbons (Fsp3) is 0.931. The highest BCUT2D eigenvalue weighted by Gasteiger charge is 2.44. The van der Waals surface area contributed by atoms with Gasteiger partial charge in [0.2, 0.25) is 0 Å². The summed E-state index contributed by atoms with van der Waals surface area (Å²) in [5.41, 5.74) is 0.0264. The molecule has 0 radical (unpaired) electrons. The third-order valence-electron chi connectivity index (χ3n) is 8.03. The van der Waals surface area contributed by atoms with Gasteiger partial charge in [-0.15, -0.1) is 0 Å². The standard InChI is InChI=1S/C29H54N2O4/c1-26(2)18-22(19-27(3,4)30-26)34-24(32)16-14-12-10-11-13-15-17-25(33)35-23-20-28(5,6)31(9)29(7,8)21-23/h22-23,30H,10-21H2,1-9H3. The molecular weight excluding hydrogens is 440 g/mol. The second kappa shape index (κ2) is 11.9. The molecule has 2 fully saturated rings. The number of carbonyl (C=O) groups excluding carboxylic acids is 2. The van der Waals surface area contributed by atoms with E-state index in [4.69, 9.17) is 9.47 Å². The number of unbranched alkanes of at least 4 members (excludes halogenated alkanes) is 5. The summed E-state index contributed by atoms with van der Waals surface area (Å²) in [6, 6.07) is 0. The van der Waals surface area contributed by atoms with E-state index in [1.807, 2.05) is 0 Å². The zero-order chi connectivity index (χ0) is 26.5.